The smallest absolute Gasteiger partial charge is 0.223 e. The summed E-state index contributed by atoms with van der Waals surface area (Å²) in [4.78, 5) is 19.8. The monoisotopic (exact) mass is 478 g/mol. The number of nitrogens with one attached hydrogen (secondary N) is 1. The Morgan fingerprint density at radius 2 is 2.00 bits per heavy atom. The van der Waals surface area contributed by atoms with Crippen molar-refractivity contribution in [2.75, 3.05) is 26.7 Å². The van der Waals surface area contributed by atoms with Gasteiger partial charge >= 0.3 is 0 Å². The van der Waals surface area contributed by atoms with E-state index in [2.05, 4.69) is 38.0 Å². The van der Waals surface area contributed by atoms with Crippen LogP contribution in [0.5, 0.6) is 5.75 Å². The fourth-order valence-electron chi connectivity index (χ4n) is 5.29. The summed E-state index contributed by atoms with van der Waals surface area (Å²) in [5.74, 6) is 2.13. The van der Waals surface area contributed by atoms with Gasteiger partial charge in [-0.25, -0.2) is 4.98 Å². The summed E-state index contributed by atoms with van der Waals surface area (Å²) in [5, 5.41) is 3.81. The van der Waals surface area contributed by atoms with E-state index in [0.29, 0.717) is 11.6 Å². The number of nitrogens with zero attached hydrogens (tertiary/aromatic N) is 3. The molecular weight excluding hydrogens is 448 g/mol. The number of hydrogen-bond acceptors (Lipinski definition) is 4. The molecule has 5 rings (SSSR count). The average Bonchev–Trinajstić information content (AvgIpc) is 3.37. The van der Waals surface area contributed by atoms with E-state index in [9.17, 15) is 4.79 Å². The third-order valence-corrected chi connectivity index (χ3v) is 7.65. The number of rotatable bonds is 8. The van der Waals surface area contributed by atoms with Gasteiger partial charge in [-0.15, -0.1) is 0 Å². The highest BCUT2D eigenvalue weighted by molar-refractivity contribution is 6.30. The van der Waals surface area contributed by atoms with Crippen LogP contribution in [0.3, 0.4) is 0 Å². The number of pyridine rings is 1. The van der Waals surface area contributed by atoms with Crippen LogP contribution in [0.15, 0.2) is 60.9 Å². The molecule has 3 aromatic rings. The molecule has 1 aliphatic heterocycles. The summed E-state index contributed by atoms with van der Waals surface area (Å²) >= 11 is 5.99. The second-order valence-electron chi connectivity index (χ2n) is 9.45. The predicted molar refractivity (Wildman–Crippen MR) is 133 cm³/mol. The van der Waals surface area contributed by atoms with Crippen LogP contribution in [0.25, 0.3) is 5.82 Å². The third-order valence-electron chi connectivity index (χ3n) is 7.42. The summed E-state index contributed by atoms with van der Waals surface area (Å²) in [5.41, 5.74) is 2.54. The maximum Gasteiger partial charge on any atom is 0.223 e. The Morgan fingerprint density at radius 1 is 1.18 bits per heavy atom. The van der Waals surface area contributed by atoms with Crippen molar-refractivity contribution in [2.45, 2.75) is 32.2 Å². The summed E-state index contributed by atoms with van der Waals surface area (Å²) in [6.07, 6.45) is 7.69. The SMILES string of the molecule is COc1ccccc1CCNC(=O)[C@@H]1CC12CCN(Cc1cccn1-c1ccc(Cl)cn1)CC2. The van der Waals surface area contributed by atoms with Crippen LogP contribution in [0.4, 0.5) is 0 Å². The fourth-order valence-corrected chi connectivity index (χ4v) is 5.40. The second-order valence-corrected chi connectivity index (χ2v) is 9.89. The Morgan fingerprint density at radius 3 is 2.76 bits per heavy atom. The number of para-hydroxylation sites is 1. The zero-order valence-electron chi connectivity index (χ0n) is 19.5. The lowest BCUT2D eigenvalue weighted by atomic mass is 9.90. The van der Waals surface area contributed by atoms with Crippen molar-refractivity contribution >= 4 is 17.5 Å². The number of amides is 1. The Hall–Kier alpha value is -2.83. The van der Waals surface area contributed by atoms with E-state index in [1.54, 1.807) is 13.3 Å². The summed E-state index contributed by atoms with van der Waals surface area (Å²) < 4.78 is 7.53. The Kier molecular flexibility index (Phi) is 6.61. The first kappa shape index (κ1) is 22.9. The minimum Gasteiger partial charge on any atom is -0.496 e. The van der Waals surface area contributed by atoms with Crippen LogP contribution in [-0.4, -0.2) is 47.1 Å². The van der Waals surface area contributed by atoms with E-state index in [4.69, 9.17) is 16.3 Å². The molecule has 1 N–H and O–H groups in total. The zero-order chi connectivity index (χ0) is 23.5. The summed E-state index contributed by atoms with van der Waals surface area (Å²) in [6, 6.07) is 16.0. The van der Waals surface area contributed by atoms with Gasteiger partial charge in [0.25, 0.3) is 0 Å². The number of carbonyl (C=O) groups excluding carboxylic acids is 1. The number of likely N-dealkylation sites (tertiary alicyclic amines) is 1. The molecule has 1 amide bonds. The number of aromatic nitrogens is 2. The molecule has 6 nitrogen and oxygen atoms in total. The van der Waals surface area contributed by atoms with Crippen LogP contribution >= 0.6 is 11.6 Å². The molecule has 1 aliphatic carbocycles. The van der Waals surface area contributed by atoms with Crippen molar-refractivity contribution in [1.82, 2.24) is 19.8 Å². The van der Waals surface area contributed by atoms with E-state index < -0.39 is 0 Å². The molecule has 0 unspecified atom stereocenters. The molecular formula is C27H31ClN4O2. The lowest BCUT2D eigenvalue weighted by Gasteiger charge is -2.33. The topological polar surface area (TPSA) is 59.4 Å². The van der Waals surface area contributed by atoms with E-state index in [1.807, 2.05) is 36.5 Å². The molecule has 0 radical (unpaired) electrons. The summed E-state index contributed by atoms with van der Waals surface area (Å²) in [7, 11) is 1.68. The van der Waals surface area contributed by atoms with E-state index in [-0.39, 0.29) is 17.2 Å². The Labute approximate surface area is 205 Å². The lowest BCUT2D eigenvalue weighted by molar-refractivity contribution is -0.123. The van der Waals surface area contributed by atoms with Crippen LogP contribution in [-0.2, 0) is 17.8 Å². The molecule has 178 valence electrons. The minimum atomic E-state index is 0.162. The van der Waals surface area contributed by atoms with Gasteiger partial charge in [-0.2, -0.15) is 0 Å². The van der Waals surface area contributed by atoms with Crippen LogP contribution < -0.4 is 10.1 Å². The van der Waals surface area contributed by atoms with Crippen LogP contribution in [0, 0.1) is 11.3 Å². The molecule has 7 heteroatoms. The first-order chi connectivity index (χ1) is 16.6. The van der Waals surface area contributed by atoms with Crippen LogP contribution in [0.1, 0.15) is 30.5 Å². The lowest BCUT2D eigenvalue weighted by Crippen LogP contribution is -2.37. The van der Waals surface area contributed by atoms with Crippen molar-refractivity contribution in [1.29, 1.82) is 0 Å². The first-order valence-electron chi connectivity index (χ1n) is 12.0. The van der Waals surface area contributed by atoms with E-state index in [1.165, 1.54) is 5.69 Å². The van der Waals surface area contributed by atoms with Gasteiger partial charge in [0.05, 0.1) is 12.1 Å². The van der Waals surface area contributed by atoms with Crippen molar-refractivity contribution in [3.8, 4) is 11.6 Å². The highest BCUT2D eigenvalue weighted by Gasteiger charge is 2.58. The van der Waals surface area contributed by atoms with Gasteiger partial charge in [0.1, 0.15) is 11.6 Å². The molecule has 1 spiro atoms. The molecule has 2 aromatic heterocycles. The second kappa shape index (κ2) is 9.80. The maximum atomic E-state index is 12.8. The predicted octanol–water partition coefficient (Wildman–Crippen LogP) is 4.50. The first-order valence-corrected chi connectivity index (χ1v) is 12.4. The maximum absolute atomic E-state index is 12.8. The number of carbonyl (C=O) groups is 1. The van der Waals surface area contributed by atoms with Gasteiger partial charge in [0, 0.05) is 37.1 Å². The normalized spacial score (nSPS) is 19.2. The van der Waals surface area contributed by atoms with Crippen molar-refractivity contribution in [2.24, 2.45) is 11.3 Å². The minimum absolute atomic E-state index is 0.162. The summed E-state index contributed by atoms with van der Waals surface area (Å²) in [6.45, 7) is 3.56. The number of piperidine rings is 1. The standard InChI is InChI=1S/C27H31ClN4O2/c1-34-24-7-3-2-5-20(24)10-13-29-26(33)23-17-27(23)11-15-31(16-12-27)19-22-6-4-14-32(22)25-9-8-21(28)18-30-25/h2-9,14,18,23H,10-13,15-17,19H2,1H3,(H,29,33)/t23-/m0/s1. The number of methoxy groups -OCH3 is 1. The van der Waals surface area contributed by atoms with Gasteiger partial charge in [-0.3, -0.25) is 9.69 Å². The molecule has 1 saturated carbocycles. The molecule has 1 atom stereocenters. The van der Waals surface area contributed by atoms with Crippen molar-refractivity contribution < 1.29 is 9.53 Å². The zero-order valence-corrected chi connectivity index (χ0v) is 20.3. The average molecular weight is 479 g/mol. The van der Waals surface area contributed by atoms with Crippen molar-refractivity contribution in [3.05, 3.63) is 77.2 Å². The number of benzene rings is 1. The number of ether oxygens (including phenoxy) is 1. The highest BCUT2D eigenvalue weighted by Crippen LogP contribution is 2.59. The van der Waals surface area contributed by atoms with Gasteiger partial charge in [0.15, 0.2) is 0 Å². The van der Waals surface area contributed by atoms with Crippen LogP contribution in [0.2, 0.25) is 5.02 Å². The largest absolute Gasteiger partial charge is 0.496 e. The molecule has 2 aliphatic rings. The quantitative estimate of drug-likeness (QED) is 0.518. The molecule has 2 fully saturated rings. The molecule has 0 bridgehead atoms. The molecule has 1 saturated heterocycles. The highest BCUT2D eigenvalue weighted by atomic mass is 35.5. The fraction of sp³-hybridized carbons (Fsp3) is 0.407. The van der Waals surface area contributed by atoms with Gasteiger partial charge in [0.2, 0.25) is 5.91 Å². The van der Waals surface area contributed by atoms with Crippen molar-refractivity contribution in [3.63, 3.8) is 0 Å². The molecule has 3 heterocycles. The van der Waals surface area contributed by atoms with Gasteiger partial charge < -0.3 is 14.6 Å². The Balaban J connectivity index is 1.10. The number of halogens is 1. The molecule has 34 heavy (non-hydrogen) atoms. The molecule has 1 aromatic carbocycles. The Bertz CT molecular complexity index is 1140. The number of hydrogen-bond donors (Lipinski definition) is 1. The van der Waals surface area contributed by atoms with E-state index in [0.717, 1.165) is 62.4 Å². The van der Waals surface area contributed by atoms with Gasteiger partial charge in [-0.05, 0) is 80.1 Å². The third kappa shape index (κ3) is 4.84. The van der Waals surface area contributed by atoms with Gasteiger partial charge in [-0.1, -0.05) is 29.8 Å². The van der Waals surface area contributed by atoms with E-state index >= 15 is 0 Å².